The average molecular weight is 211 g/mol. The second-order valence-corrected chi connectivity index (χ2v) is 2.93. The van der Waals surface area contributed by atoms with Gasteiger partial charge in [-0.25, -0.2) is 0 Å². The molecule has 1 aromatic heterocycles. The van der Waals surface area contributed by atoms with Gasteiger partial charge in [0.05, 0.1) is 13.4 Å². The van der Waals surface area contributed by atoms with Gasteiger partial charge in [0.25, 0.3) is 0 Å². The normalized spacial score (nSPS) is 9.67. The van der Waals surface area contributed by atoms with E-state index in [-0.39, 0.29) is 12.3 Å². The fourth-order valence-corrected chi connectivity index (χ4v) is 1.05. The van der Waals surface area contributed by atoms with Crippen molar-refractivity contribution in [3.63, 3.8) is 0 Å². The first-order chi connectivity index (χ1) is 7.22. The lowest BCUT2D eigenvalue weighted by Crippen LogP contribution is -2.27. The zero-order chi connectivity index (χ0) is 11.1. The number of carbonyl (C=O) groups excluding carboxylic acids is 2. The Balaban J connectivity index is 2.15. The van der Waals surface area contributed by atoms with Gasteiger partial charge in [-0.1, -0.05) is 0 Å². The summed E-state index contributed by atoms with van der Waals surface area (Å²) in [5.74, 6) is -0.0766. The molecule has 0 fully saturated rings. The fourth-order valence-electron chi connectivity index (χ4n) is 1.05. The van der Waals surface area contributed by atoms with Crippen LogP contribution in [0.3, 0.4) is 0 Å². The summed E-state index contributed by atoms with van der Waals surface area (Å²) in [7, 11) is 1.25. The molecule has 0 bridgehead atoms. The summed E-state index contributed by atoms with van der Waals surface area (Å²) in [6.45, 7) is 0.448. The van der Waals surface area contributed by atoms with E-state index in [2.05, 4.69) is 10.1 Å². The summed E-state index contributed by atoms with van der Waals surface area (Å²) in [5.41, 5.74) is 0. The fraction of sp³-hybridized carbons (Fsp3) is 0.400. The molecule has 5 nitrogen and oxygen atoms in total. The van der Waals surface area contributed by atoms with Crippen LogP contribution in [0.25, 0.3) is 0 Å². The zero-order valence-corrected chi connectivity index (χ0v) is 8.49. The number of nitrogens with one attached hydrogen (secondary N) is 1. The minimum Gasteiger partial charge on any atom is -0.469 e. The molecule has 0 saturated heterocycles. The Kier molecular flexibility index (Phi) is 4.40. The standard InChI is InChI=1S/C10H13NO4/c1-14-10(13)7-9(12)11-5-4-8-3-2-6-15-8/h2-3,6H,4-5,7H2,1H3,(H,11,12). The van der Waals surface area contributed by atoms with E-state index in [4.69, 9.17) is 4.42 Å². The van der Waals surface area contributed by atoms with Crippen LogP contribution in [0.4, 0.5) is 0 Å². The van der Waals surface area contributed by atoms with Crippen molar-refractivity contribution in [3.8, 4) is 0 Å². The van der Waals surface area contributed by atoms with Gasteiger partial charge < -0.3 is 14.5 Å². The van der Waals surface area contributed by atoms with Crippen LogP contribution in [0, 0.1) is 0 Å². The SMILES string of the molecule is COC(=O)CC(=O)NCCc1ccco1. The quantitative estimate of drug-likeness (QED) is 0.569. The highest BCUT2D eigenvalue weighted by Gasteiger charge is 2.08. The van der Waals surface area contributed by atoms with Crippen molar-refractivity contribution in [1.82, 2.24) is 5.32 Å². The highest BCUT2D eigenvalue weighted by atomic mass is 16.5. The van der Waals surface area contributed by atoms with Gasteiger partial charge in [0, 0.05) is 13.0 Å². The summed E-state index contributed by atoms with van der Waals surface area (Å²) < 4.78 is 9.43. The zero-order valence-electron chi connectivity index (χ0n) is 8.49. The Morgan fingerprint density at radius 3 is 2.93 bits per heavy atom. The lowest BCUT2D eigenvalue weighted by molar-refractivity contribution is -0.143. The maximum Gasteiger partial charge on any atom is 0.315 e. The second-order valence-electron chi connectivity index (χ2n) is 2.93. The number of hydrogen-bond donors (Lipinski definition) is 1. The molecule has 0 radical (unpaired) electrons. The van der Waals surface area contributed by atoms with Crippen molar-refractivity contribution < 1.29 is 18.7 Å². The topological polar surface area (TPSA) is 68.5 Å². The number of carbonyl (C=O) groups is 2. The first-order valence-electron chi connectivity index (χ1n) is 4.58. The van der Waals surface area contributed by atoms with Crippen LogP contribution in [0.1, 0.15) is 12.2 Å². The molecule has 1 N–H and O–H groups in total. The van der Waals surface area contributed by atoms with Crippen LogP contribution in [-0.2, 0) is 20.7 Å². The summed E-state index contributed by atoms with van der Waals surface area (Å²) in [4.78, 5) is 21.8. The van der Waals surface area contributed by atoms with E-state index in [1.165, 1.54) is 7.11 Å². The van der Waals surface area contributed by atoms with Gasteiger partial charge in [-0.2, -0.15) is 0 Å². The number of rotatable bonds is 5. The third-order valence-corrected chi connectivity index (χ3v) is 1.81. The van der Waals surface area contributed by atoms with E-state index in [1.807, 2.05) is 6.07 Å². The molecular weight excluding hydrogens is 198 g/mol. The second kappa shape index (κ2) is 5.85. The Labute approximate surface area is 87.4 Å². The highest BCUT2D eigenvalue weighted by Crippen LogP contribution is 1.99. The molecule has 1 amide bonds. The van der Waals surface area contributed by atoms with Gasteiger partial charge in [0.1, 0.15) is 12.2 Å². The van der Waals surface area contributed by atoms with E-state index in [0.29, 0.717) is 13.0 Å². The van der Waals surface area contributed by atoms with Crippen molar-refractivity contribution in [2.75, 3.05) is 13.7 Å². The predicted octanol–water partition coefficient (Wildman–Crippen LogP) is 0.501. The number of hydrogen-bond acceptors (Lipinski definition) is 4. The minimum absolute atomic E-state index is 0.241. The van der Waals surface area contributed by atoms with Gasteiger partial charge in [-0.15, -0.1) is 0 Å². The summed E-state index contributed by atoms with van der Waals surface area (Å²) in [5, 5.41) is 2.59. The molecule has 1 aromatic rings. The first kappa shape index (κ1) is 11.3. The molecule has 0 aliphatic carbocycles. The Bertz CT molecular complexity index is 318. The maximum absolute atomic E-state index is 11.1. The lowest BCUT2D eigenvalue weighted by atomic mass is 10.3. The van der Waals surface area contributed by atoms with Gasteiger partial charge in [-0.05, 0) is 12.1 Å². The number of methoxy groups -OCH3 is 1. The Morgan fingerprint density at radius 2 is 2.33 bits per heavy atom. The predicted molar refractivity (Wildman–Crippen MR) is 52.1 cm³/mol. The lowest BCUT2D eigenvalue weighted by Gasteiger charge is -2.02. The van der Waals surface area contributed by atoms with Crippen LogP contribution < -0.4 is 5.32 Å². The summed E-state index contributed by atoms with van der Waals surface area (Å²) in [6.07, 6.45) is 1.94. The molecule has 5 heteroatoms. The number of furan rings is 1. The number of esters is 1. The van der Waals surface area contributed by atoms with Crippen LogP contribution in [0.2, 0.25) is 0 Å². The third-order valence-electron chi connectivity index (χ3n) is 1.81. The smallest absolute Gasteiger partial charge is 0.315 e. The van der Waals surface area contributed by atoms with Crippen LogP contribution >= 0.6 is 0 Å². The molecule has 15 heavy (non-hydrogen) atoms. The highest BCUT2D eigenvalue weighted by molar-refractivity contribution is 5.94. The van der Waals surface area contributed by atoms with Gasteiger partial charge in [-0.3, -0.25) is 9.59 Å². The molecule has 0 aliphatic heterocycles. The van der Waals surface area contributed by atoms with Crippen molar-refractivity contribution in [3.05, 3.63) is 24.2 Å². The van der Waals surface area contributed by atoms with Crippen LogP contribution in [0.15, 0.2) is 22.8 Å². The molecule has 1 heterocycles. The van der Waals surface area contributed by atoms with E-state index in [0.717, 1.165) is 5.76 Å². The van der Waals surface area contributed by atoms with Crippen molar-refractivity contribution >= 4 is 11.9 Å². The van der Waals surface area contributed by atoms with Crippen molar-refractivity contribution in [1.29, 1.82) is 0 Å². The maximum atomic E-state index is 11.1. The monoisotopic (exact) mass is 211 g/mol. The molecule has 1 rings (SSSR count). The van der Waals surface area contributed by atoms with E-state index in [9.17, 15) is 9.59 Å². The molecule has 0 spiro atoms. The summed E-state index contributed by atoms with van der Waals surface area (Å²) >= 11 is 0. The molecule has 82 valence electrons. The van der Waals surface area contributed by atoms with Gasteiger partial charge >= 0.3 is 5.97 Å². The molecule has 0 saturated carbocycles. The molecule has 0 aromatic carbocycles. The van der Waals surface area contributed by atoms with Crippen molar-refractivity contribution in [2.45, 2.75) is 12.8 Å². The Hall–Kier alpha value is -1.78. The van der Waals surface area contributed by atoms with E-state index < -0.39 is 5.97 Å². The largest absolute Gasteiger partial charge is 0.469 e. The Morgan fingerprint density at radius 1 is 1.53 bits per heavy atom. The molecule has 0 unspecified atom stereocenters. The number of ether oxygens (including phenoxy) is 1. The molecule has 0 atom stereocenters. The number of amides is 1. The average Bonchev–Trinajstić information content (AvgIpc) is 2.70. The van der Waals surface area contributed by atoms with E-state index >= 15 is 0 Å². The first-order valence-corrected chi connectivity index (χ1v) is 4.58. The van der Waals surface area contributed by atoms with Crippen LogP contribution in [0.5, 0.6) is 0 Å². The molecule has 0 aliphatic rings. The summed E-state index contributed by atoms with van der Waals surface area (Å²) in [6, 6.07) is 3.61. The van der Waals surface area contributed by atoms with Gasteiger partial charge in [0.15, 0.2) is 0 Å². The van der Waals surface area contributed by atoms with Gasteiger partial charge in [0.2, 0.25) is 5.91 Å². The minimum atomic E-state index is -0.537. The third kappa shape index (κ3) is 4.30. The van der Waals surface area contributed by atoms with Crippen molar-refractivity contribution in [2.24, 2.45) is 0 Å². The van der Waals surface area contributed by atoms with E-state index in [1.54, 1.807) is 12.3 Å². The van der Waals surface area contributed by atoms with Crippen LogP contribution in [-0.4, -0.2) is 25.5 Å². The molecular formula is C10H13NO4.